The predicted molar refractivity (Wildman–Crippen MR) is 105 cm³/mol. The van der Waals surface area contributed by atoms with Gasteiger partial charge in [0, 0.05) is 25.0 Å². The van der Waals surface area contributed by atoms with Crippen molar-refractivity contribution in [3.63, 3.8) is 0 Å². The second-order valence-electron chi connectivity index (χ2n) is 8.49. The Hall–Kier alpha value is -1.87. The number of carbonyl (C=O) groups excluding carboxylic acids is 1. The number of carbonyl (C=O) groups is 1. The van der Waals surface area contributed by atoms with Gasteiger partial charge in [0.15, 0.2) is 0 Å². The standard InChI is InChI=1S/C23H28N2O/c26-23(15-16-13-18-10-11-19(14-16)24-18)25-12-4-9-22(25)21-8-3-6-17-5-1-2-7-20(17)21/h1-3,5-8,16,18-19,22,24H,4,9-15H2. The van der Waals surface area contributed by atoms with Gasteiger partial charge in [-0.25, -0.2) is 0 Å². The van der Waals surface area contributed by atoms with Gasteiger partial charge in [0.05, 0.1) is 6.04 Å². The predicted octanol–water partition coefficient (Wildman–Crippen LogP) is 4.42. The number of rotatable bonds is 3. The number of hydrogen-bond donors (Lipinski definition) is 1. The highest BCUT2D eigenvalue weighted by Gasteiger charge is 2.37. The van der Waals surface area contributed by atoms with Gasteiger partial charge in [-0.2, -0.15) is 0 Å². The van der Waals surface area contributed by atoms with Gasteiger partial charge in [0.1, 0.15) is 0 Å². The van der Waals surface area contributed by atoms with Crippen molar-refractivity contribution >= 4 is 16.7 Å². The monoisotopic (exact) mass is 348 g/mol. The lowest BCUT2D eigenvalue weighted by Crippen LogP contribution is -2.40. The summed E-state index contributed by atoms with van der Waals surface area (Å²) in [4.78, 5) is 15.4. The summed E-state index contributed by atoms with van der Waals surface area (Å²) in [6, 6.07) is 16.7. The molecule has 0 aromatic heterocycles. The molecule has 3 nitrogen and oxygen atoms in total. The molecular weight excluding hydrogens is 320 g/mol. The summed E-state index contributed by atoms with van der Waals surface area (Å²) in [5, 5.41) is 6.28. The van der Waals surface area contributed by atoms with Crippen LogP contribution in [0.2, 0.25) is 0 Å². The number of amides is 1. The van der Waals surface area contributed by atoms with E-state index in [9.17, 15) is 4.79 Å². The fourth-order valence-electron chi connectivity index (χ4n) is 5.64. The topological polar surface area (TPSA) is 32.3 Å². The van der Waals surface area contributed by atoms with E-state index in [-0.39, 0.29) is 6.04 Å². The quantitative estimate of drug-likeness (QED) is 0.890. The van der Waals surface area contributed by atoms with E-state index in [1.54, 1.807) is 0 Å². The molecule has 3 unspecified atom stereocenters. The van der Waals surface area contributed by atoms with Gasteiger partial charge in [0.25, 0.3) is 0 Å². The zero-order chi connectivity index (χ0) is 17.5. The molecule has 3 saturated heterocycles. The third-order valence-corrected chi connectivity index (χ3v) is 6.79. The molecule has 5 rings (SSSR count). The van der Waals surface area contributed by atoms with Crippen molar-refractivity contribution < 1.29 is 4.79 Å². The summed E-state index contributed by atoms with van der Waals surface area (Å²) in [5.74, 6) is 0.960. The number of hydrogen-bond acceptors (Lipinski definition) is 2. The Kier molecular flexibility index (Phi) is 4.20. The third-order valence-electron chi connectivity index (χ3n) is 6.79. The number of piperidine rings is 1. The molecule has 3 aliphatic rings. The van der Waals surface area contributed by atoms with Crippen LogP contribution in [-0.4, -0.2) is 29.4 Å². The molecule has 26 heavy (non-hydrogen) atoms. The Morgan fingerprint density at radius 3 is 2.62 bits per heavy atom. The first-order chi connectivity index (χ1) is 12.8. The van der Waals surface area contributed by atoms with E-state index in [2.05, 4.69) is 52.7 Å². The summed E-state index contributed by atoms with van der Waals surface area (Å²) >= 11 is 0. The Bertz CT molecular complexity index is 799. The van der Waals surface area contributed by atoms with Crippen LogP contribution in [0, 0.1) is 5.92 Å². The molecular formula is C23H28N2O. The van der Waals surface area contributed by atoms with Crippen LogP contribution in [0.5, 0.6) is 0 Å². The van der Waals surface area contributed by atoms with Crippen molar-refractivity contribution in [1.82, 2.24) is 10.2 Å². The number of nitrogens with one attached hydrogen (secondary N) is 1. The smallest absolute Gasteiger partial charge is 0.223 e. The molecule has 3 aliphatic heterocycles. The van der Waals surface area contributed by atoms with Gasteiger partial charge in [0.2, 0.25) is 5.91 Å². The Labute approximate surface area is 155 Å². The van der Waals surface area contributed by atoms with Gasteiger partial charge in [-0.1, -0.05) is 42.5 Å². The maximum atomic E-state index is 13.2. The minimum absolute atomic E-state index is 0.257. The average molecular weight is 348 g/mol. The van der Waals surface area contributed by atoms with Gasteiger partial charge in [-0.15, -0.1) is 0 Å². The van der Waals surface area contributed by atoms with Crippen LogP contribution in [0.4, 0.5) is 0 Å². The highest BCUT2D eigenvalue weighted by Crippen LogP contribution is 2.38. The van der Waals surface area contributed by atoms with Crippen LogP contribution in [0.3, 0.4) is 0 Å². The zero-order valence-electron chi connectivity index (χ0n) is 15.4. The maximum Gasteiger partial charge on any atom is 0.223 e. The van der Waals surface area contributed by atoms with Gasteiger partial charge in [-0.05, 0) is 60.8 Å². The molecule has 2 aromatic rings. The summed E-state index contributed by atoms with van der Waals surface area (Å²) in [6.45, 7) is 0.921. The van der Waals surface area contributed by atoms with Gasteiger partial charge in [-0.3, -0.25) is 4.79 Å². The average Bonchev–Trinajstić information content (AvgIpc) is 3.28. The molecule has 136 valence electrons. The number of benzene rings is 2. The molecule has 1 amide bonds. The van der Waals surface area contributed by atoms with Crippen molar-refractivity contribution in [2.45, 2.75) is 63.1 Å². The lowest BCUT2D eigenvalue weighted by molar-refractivity contribution is -0.133. The summed E-state index contributed by atoms with van der Waals surface area (Å²) < 4.78 is 0. The van der Waals surface area contributed by atoms with E-state index in [4.69, 9.17) is 0 Å². The van der Waals surface area contributed by atoms with E-state index in [1.165, 1.54) is 42.0 Å². The van der Waals surface area contributed by atoms with E-state index in [0.717, 1.165) is 25.8 Å². The summed E-state index contributed by atoms with van der Waals surface area (Å²) in [6.07, 6.45) is 7.95. The molecule has 2 bridgehead atoms. The fraction of sp³-hybridized carbons (Fsp3) is 0.522. The molecule has 0 spiro atoms. The summed E-state index contributed by atoms with van der Waals surface area (Å²) in [7, 11) is 0. The Morgan fingerprint density at radius 2 is 1.77 bits per heavy atom. The van der Waals surface area contributed by atoms with Gasteiger partial charge >= 0.3 is 0 Å². The third kappa shape index (κ3) is 2.92. The Balaban J connectivity index is 1.36. The lowest BCUT2D eigenvalue weighted by Gasteiger charge is -2.32. The largest absolute Gasteiger partial charge is 0.336 e. The number of fused-ring (bicyclic) bond motifs is 3. The minimum Gasteiger partial charge on any atom is -0.336 e. The van der Waals surface area contributed by atoms with Crippen LogP contribution in [0.25, 0.3) is 10.8 Å². The molecule has 2 aromatic carbocycles. The van der Waals surface area contributed by atoms with Crippen molar-refractivity contribution in [3.8, 4) is 0 Å². The van der Waals surface area contributed by atoms with Crippen molar-refractivity contribution in [2.75, 3.05) is 6.54 Å². The first-order valence-corrected chi connectivity index (χ1v) is 10.3. The molecule has 0 radical (unpaired) electrons. The van der Waals surface area contributed by atoms with Crippen LogP contribution in [0.15, 0.2) is 42.5 Å². The highest BCUT2D eigenvalue weighted by atomic mass is 16.2. The van der Waals surface area contributed by atoms with E-state index >= 15 is 0 Å². The minimum atomic E-state index is 0.257. The normalized spacial score (nSPS) is 30.8. The molecule has 3 atom stereocenters. The second kappa shape index (κ2) is 6.70. The second-order valence-corrected chi connectivity index (χ2v) is 8.49. The molecule has 0 aliphatic carbocycles. The van der Waals surface area contributed by atoms with Crippen molar-refractivity contribution in [2.24, 2.45) is 5.92 Å². The van der Waals surface area contributed by atoms with Crippen molar-refractivity contribution in [3.05, 3.63) is 48.0 Å². The van der Waals surface area contributed by atoms with E-state index in [0.29, 0.717) is 23.9 Å². The van der Waals surface area contributed by atoms with Crippen molar-refractivity contribution in [1.29, 1.82) is 0 Å². The number of likely N-dealkylation sites (tertiary alicyclic amines) is 1. The van der Waals surface area contributed by atoms with Crippen LogP contribution in [0.1, 0.15) is 56.6 Å². The summed E-state index contributed by atoms with van der Waals surface area (Å²) in [5.41, 5.74) is 1.33. The van der Waals surface area contributed by atoms with Crippen LogP contribution >= 0.6 is 0 Å². The fourth-order valence-corrected chi connectivity index (χ4v) is 5.64. The molecule has 3 fully saturated rings. The molecule has 0 saturated carbocycles. The van der Waals surface area contributed by atoms with E-state index in [1.807, 2.05) is 0 Å². The lowest BCUT2D eigenvalue weighted by atomic mass is 9.89. The molecule has 1 N–H and O–H groups in total. The Morgan fingerprint density at radius 1 is 1.00 bits per heavy atom. The van der Waals surface area contributed by atoms with E-state index < -0.39 is 0 Å². The number of nitrogens with zero attached hydrogens (tertiary/aromatic N) is 1. The maximum absolute atomic E-state index is 13.2. The van der Waals surface area contributed by atoms with Crippen LogP contribution < -0.4 is 5.32 Å². The highest BCUT2D eigenvalue weighted by molar-refractivity contribution is 5.87. The first kappa shape index (κ1) is 16.3. The van der Waals surface area contributed by atoms with Gasteiger partial charge < -0.3 is 10.2 Å². The molecule has 3 heteroatoms. The first-order valence-electron chi connectivity index (χ1n) is 10.3. The SMILES string of the molecule is O=C(CC1CC2CCC(C1)N2)N1CCCC1c1cccc2ccccc12. The van der Waals surface area contributed by atoms with Crippen LogP contribution in [-0.2, 0) is 4.79 Å². The zero-order valence-corrected chi connectivity index (χ0v) is 15.4. The molecule has 3 heterocycles.